The van der Waals surface area contributed by atoms with Crippen LogP contribution in [-0.4, -0.2) is 16.5 Å². The van der Waals surface area contributed by atoms with Gasteiger partial charge in [-0.25, -0.2) is 5.26 Å². The SMILES string of the molecule is N#CB1Cc2cc(-c3cccc(Cl)c3)nn2C2(CC2)C1. The van der Waals surface area contributed by atoms with E-state index >= 15 is 0 Å². The number of hydrogen-bond acceptors (Lipinski definition) is 2. The summed E-state index contributed by atoms with van der Waals surface area (Å²) in [6.45, 7) is 0.133. The smallest absolute Gasteiger partial charge is 0.264 e. The van der Waals surface area contributed by atoms with Gasteiger partial charge in [0.25, 0.3) is 6.71 Å². The normalized spacial score (nSPS) is 18.7. The molecule has 1 fully saturated rings. The molecule has 0 radical (unpaired) electrons. The third-order valence-electron chi connectivity index (χ3n) is 4.44. The van der Waals surface area contributed by atoms with E-state index in [1.54, 1.807) is 0 Å². The molecule has 0 unspecified atom stereocenters. The predicted molar refractivity (Wildman–Crippen MR) is 79.8 cm³/mol. The lowest BCUT2D eigenvalue weighted by Gasteiger charge is -2.25. The van der Waals surface area contributed by atoms with Crippen LogP contribution in [0.25, 0.3) is 11.3 Å². The first kappa shape index (κ1) is 12.0. The van der Waals surface area contributed by atoms with E-state index in [1.165, 1.54) is 5.69 Å². The minimum absolute atomic E-state index is 0.130. The number of fused-ring (bicyclic) bond motifs is 2. The first-order valence-corrected chi connectivity index (χ1v) is 7.33. The van der Waals surface area contributed by atoms with Crippen LogP contribution in [0.4, 0.5) is 0 Å². The van der Waals surface area contributed by atoms with Gasteiger partial charge in [0, 0.05) is 22.2 Å². The Bertz CT molecular complexity index is 727. The lowest BCUT2D eigenvalue weighted by atomic mass is 9.43. The highest BCUT2D eigenvalue weighted by Gasteiger charge is 2.51. The number of rotatable bonds is 1. The number of benzene rings is 1. The third kappa shape index (κ3) is 1.77. The molecule has 4 rings (SSSR count). The van der Waals surface area contributed by atoms with Crippen molar-refractivity contribution in [2.24, 2.45) is 0 Å². The average Bonchev–Trinajstić information content (AvgIpc) is 3.07. The number of hydrogen-bond donors (Lipinski definition) is 0. The Morgan fingerprint density at radius 2 is 2.20 bits per heavy atom. The number of nitriles is 1. The van der Waals surface area contributed by atoms with Crippen LogP contribution in [0.3, 0.4) is 0 Å². The van der Waals surface area contributed by atoms with Gasteiger partial charge in [0.05, 0.1) is 11.2 Å². The molecule has 0 bridgehead atoms. The molecule has 1 aromatic carbocycles. The van der Waals surface area contributed by atoms with Crippen LogP contribution >= 0.6 is 11.6 Å². The maximum absolute atomic E-state index is 9.24. The van der Waals surface area contributed by atoms with Crippen molar-refractivity contribution >= 4 is 18.3 Å². The molecule has 0 atom stereocenters. The number of halogens is 1. The molecule has 1 spiro atoms. The van der Waals surface area contributed by atoms with Crippen LogP contribution in [0.5, 0.6) is 0 Å². The fourth-order valence-corrected chi connectivity index (χ4v) is 3.48. The van der Waals surface area contributed by atoms with Crippen LogP contribution in [0.2, 0.25) is 11.3 Å². The van der Waals surface area contributed by atoms with E-state index in [0.717, 1.165) is 41.8 Å². The fourth-order valence-electron chi connectivity index (χ4n) is 3.29. The molecule has 1 saturated carbocycles. The van der Waals surface area contributed by atoms with E-state index in [-0.39, 0.29) is 12.3 Å². The summed E-state index contributed by atoms with van der Waals surface area (Å²) >= 11 is 6.06. The Morgan fingerprint density at radius 1 is 1.35 bits per heavy atom. The van der Waals surface area contributed by atoms with Crippen molar-refractivity contribution in [2.45, 2.75) is 31.0 Å². The molecular weight excluding hydrogens is 268 g/mol. The molecule has 1 aromatic heterocycles. The van der Waals surface area contributed by atoms with Gasteiger partial charge in [-0.05, 0) is 43.7 Å². The Kier molecular flexibility index (Phi) is 2.49. The highest BCUT2D eigenvalue weighted by atomic mass is 35.5. The lowest BCUT2D eigenvalue weighted by molar-refractivity contribution is 0.444. The molecule has 0 amide bonds. The second kappa shape index (κ2) is 4.13. The van der Waals surface area contributed by atoms with E-state index in [1.807, 2.05) is 24.3 Å². The minimum atomic E-state index is 0.130. The van der Waals surface area contributed by atoms with E-state index in [0.29, 0.717) is 0 Å². The Hall–Kier alpha value is -1.73. The Balaban J connectivity index is 1.80. The Morgan fingerprint density at radius 3 is 2.90 bits per heavy atom. The van der Waals surface area contributed by atoms with E-state index in [9.17, 15) is 5.26 Å². The molecule has 98 valence electrons. The van der Waals surface area contributed by atoms with Crippen molar-refractivity contribution in [2.75, 3.05) is 0 Å². The lowest BCUT2D eigenvalue weighted by Crippen LogP contribution is -2.35. The predicted octanol–water partition coefficient (Wildman–Crippen LogP) is 3.35. The van der Waals surface area contributed by atoms with Crippen molar-refractivity contribution in [1.29, 1.82) is 5.26 Å². The molecule has 5 heteroatoms. The molecule has 0 N–H and O–H groups in total. The second-order valence-corrected chi connectivity index (χ2v) is 6.34. The van der Waals surface area contributed by atoms with Gasteiger partial charge in [-0.3, -0.25) is 4.68 Å². The molecule has 2 aromatic rings. The van der Waals surface area contributed by atoms with Crippen molar-refractivity contribution in [1.82, 2.24) is 9.78 Å². The van der Waals surface area contributed by atoms with E-state index in [2.05, 4.69) is 16.7 Å². The summed E-state index contributed by atoms with van der Waals surface area (Å²) in [5.74, 6) is 2.44. The van der Waals surface area contributed by atoms with Crippen molar-refractivity contribution in [3.05, 3.63) is 41.0 Å². The van der Waals surface area contributed by atoms with Crippen LogP contribution in [0.15, 0.2) is 30.3 Å². The van der Waals surface area contributed by atoms with Gasteiger partial charge in [0.1, 0.15) is 0 Å². The van der Waals surface area contributed by atoms with E-state index in [4.69, 9.17) is 16.7 Å². The first-order valence-electron chi connectivity index (χ1n) is 6.95. The summed E-state index contributed by atoms with van der Waals surface area (Å²) in [6, 6.07) is 9.91. The van der Waals surface area contributed by atoms with Crippen LogP contribution in [0.1, 0.15) is 18.5 Å². The summed E-state index contributed by atoms with van der Waals surface area (Å²) in [5.41, 5.74) is 3.33. The number of aromatic nitrogens is 2. The van der Waals surface area contributed by atoms with Gasteiger partial charge in [0.2, 0.25) is 0 Å². The molecule has 1 aliphatic carbocycles. The fraction of sp³-hybridized carbons (Fsp3) is 0.333. The zero-order valence-corrected chi connectivity index (χ0v) is 11.8. The van der Waals surface area contributed by atoms with Crippen LogP contribution < -0.4 is 0 Å². The molecular formula is C15H13BClN3. The standard InChI is InChI=1S/C15H13BClN3/c17-12-3-1-2-11(6-12)14-7-13-8-16(10-18)9-15(4-5-15)20(13)19-14/h1-3,6-7H,4-5,8-9H2. The van der Waals surface area contributed by atoms with Gasteiger partial charge >= 0.3 is 0 Å². The summed E-state index contributed by atoms with van der Waals surface area (Å²) in [5, 5.41) is 14.8. The van der Waals surface area contributed by atoms with Crippen molar-refractivity contribution in [3.8, 4) is 17.2 Å². The molecule has 3 nitrogen and oxygen atoms in total. The third-order valence-corrected chi connectivity index (χ3v) is 4.68. The number of nitrogens with zero attached hydrogens (tertiary/aromatic N) is 3. The largest absolute Gasteiger partial charge is 0.276 e. The minimum Gasteiger partial charge on any atom is -0.264 e. The molecule has 1 aliphatic heterocycles. The quantitative estimate of drug-likeness (QED) is 0.752. The van der Waals surface area contributed by atoms with Gasteiger partial charge < -0.3 is 0 Å². The molecule has 2 aliphatic rings. The van der Waals surface area contributed by atoms with Crippen molar-refractivity contribution < 1.29 is 0 Å². The molecule has 0 saturated heterocycles. The van der Waals surface area contributed by atoms with Gasteiger partial charge in [-0.1, -0.05) is 23.7 Å². The molecule has 20 heavy (non-hydrogen) atoms. The van der Waals surface area contributed by atoms with Crippen molar-refractivity contribution in [3.63, 3.8) is 0 Å². The summed E-state index contributed by atoms with van der Waals surface area (Å²) in [7, 11) is 0. The Labute approximate surface area is 123 Å². The van der Waals surface area contributed by atoms with Gasteiger partial charge in [0.15, 0.2) is 0 Å². The summed E-state index contributed by atoms with van der Waals surface area (Å²) in [4.78, 5) is 0. The molecule has 2 heterocycles. The van der Waals surface area contributed by atoms with Crippen LogP contribution in [-0.2, 0) is 11.9 Å². The first-order chi connectivity index (χ1) is 9.70. The van der Waals surface area contributed by atoms with Gasteiger partial charge in [-0.15, -0.1) is 0 Å². The highest BCUT2D eigenvalue weighted by Crippen LogP contribution is 2.51. The maximum atomic E-state index is 9.24. The van der Waals surface area contributed by atoms with Gasteiger partial charge in [-0.2, -0.15) is 5.10 Å². The highest BCUT2D eigenvalue weighted by molar-refractivity contribution is 6.66. The monoisotopic (exact) mass is 281 g/mol. The zero-order chi connectivity index (χ0) is 13.7. The van der Waals surface area contributed by atoms with Crippen LogP contribution in [0, 0.1) is 11.2 Å². The topological polar surface area (TPSA) is 41.6 Å². The van der Waals surface area contributed by atoms with E-state index < -0.39 is 0 Å². The second-order valence-electron chi connectivity index (χ2n) is 5.90. The summed E-state index contributed by atoms with van der Waals surface area (Å²) < 4.78 is 2.18. The summed E-state index contributed by atoms with van der Waals surface area (Å²) in [6.07, 6.45) is 4.06. The zero-order valence-electron chi connectivity index (χ0n) is 11.0. The average molecular weight is 282 g/mol. The maximum Gasteiger partial charge on any atom is 0.276 e.